The second kappa shape index (κ2) is 6.68. The number of hydrogen-bond acceptors (Lipinski definition) is 8. The van der Waals surface area contributed by atoms with Gasteiger partial charge in [0.25, 0.3) is 0 Å². The third kappa shape index (κ3) is 3.02. The maximum absolute atomic E-state index is 5.55. The standard InChI is InChI=1S/C18H18N6OS2/c1-11(13-4-3-7-26-13)22-25-9-15-20-17-16-12-5-6-23(2)8-14(12)27-18(16)19-10-24(17)21-15/h3-4,7,10,22H,1,5-6,8-9H2,2H3. The molecular weight excluding hydrogens is 380 g/mol. The number of rotatable bonds is 5. The Hall–Kier alpha value is -2.33. The van der Waals surface area contributed by atoms with Crippen molar-refractivity contribution in [1.29, 1.82) is 0 Å². The SMILES string of the molecule is C=C(NOCc1nc2c3c4c(sc3ncn2n1)CN(C)CC4)c1cccs1. The minimum atomic E-state index is 0.253. The Morgan fingerprint density at radius 1 is 1.44 bits per heavy atom. The predicted molar refractivity (Wildman–Crippen MR) is 107 cm³/mol. The van der Waals surface area contributed by atoms with Crippen molar-refractivity contribution in [1.82, 2.24) is 30.0 Å². The van der Waals surface area contributed by atoms with Gasteiger partial charge in [-0.3, -0.25) is 10.3 Å². The van der Waals surface area contributed by atoms with Crippen LogP contribution in [0.3, 0.4) is 0 Å². The van der Waals surface area contributed by atoms with Gasteiger partial charge >= 0.3 is 0 Å². The van der Waals surface area contributed by atoms with Crippen LogP contribution in [0.2, 0.25) is 0 Å². The lowest BCUT2D eigenvalue weighted by atomic mass is 10.1. The highest BCUT2D eigenvalue weighted by molar-refractivity contribution is 7.19. The van der Waals surface area contributed by atoms with Gasteiger partial charge in [-0.1, -0.05) is 12.6 Å². The molecule has 0 fully saturated rings. The molecule has 7 nitrogen and oxygen atoms in total. The molecule has 1 aliphatic rings. The summed E-state index contributed by atoms with van der Waals surface area (Å²) in [7, 11) is 2.15. The van der Waals surface area contributed by atoms with Crippen LogP contribution in [-0.2, 0) is 24.4 Å². The van der Waals surface area contributed by atoms with Crippen molar-refractivity contribution in [3.8, 4) is 0 Å². The zero-order chi connectivity index (χ0) is 18.4. The van der Waals surface area contributed by atoms with Crippen LogP contribution in [0.5, 0.6) is 0 Å². The van der Waals surface area contributed by atoms with Gasteiger partial charge in [0.15, 0.2) is 11.5 Å². The van der Waals surface area contributed by atoms with E-state index in [0.29, 0.717) is 5.82 Å². The summed E-state index contributed by atoms with van der Waals surface area (Å²) < 4.78 is 1.75. The zero-order valence-corrected chi connectivity index (χ0v) is 16.4. The van der Waals surface area contributed by atoms with Gasteiger partial charge in [0.2, 0.25) is 0 Å². The molecule has 1 aliphatic heterocycles. The van der Waals surface area contributed by atoms with E-state index in [9.17, 15) is 0 Å². The van der Waals surface area contributed by atoms with Gasteiger partial charge in [0.1, 0.15) is 17.8 Å². The number of thiophene rings is 2. The molecule has 0 atom stereocenters. The molecule has 0 bridgehead atoms. The molecule has 4 aromatic heterocycles. The average Bonchev–Trinajstić information content (AvgIpc) is 3.38. The summed E-state index contributed by atoms with van der Waals surface area (Å²) in [5.41, 5.74) is 5.83. The molecule has 0 spiro atoms. The first-order chi connectivity index (χ1) is 13.2. The second-order valence-electron chi connectivity index (χ2n) is 6.56. The van der Waals surface area contributed by atoms with E-state index in [4.69, 9.17) is 9.82 Å². The highest BCUT2D eigenvalue weighted by Crippen LogP contribution is 2.35. The van der Waals surface area contributed by atoms with Crippen molar-refractivity contribution in [3.63, 3.8) is 0 Å². The van der Waals surface area contributed by atoms with Crippen LogP contribution in [0.25, 0.3) is 21.6 Å². The van der Waals surface area contributed by atoms with Gasteiger partial charge in [-0.15, -0.1) is 27.8 Å². The molecule has 0 aromatic carbocycles. The number of hydrogen-bond donors (Lipinski definition) is 1. The van der Waals surface area contributed by atoms with Crippen molar-refractivity contribution in [2.75, 3.05) is 13.6 Å². The van der Waals surface area contributed by atoms with Crippen molar-refractivity contribution in [2.45, 2.75) is 19.6 Å². The van der Waals surface area contributed by atoms with E-state index in [1.54, 1.807) is 33.5 Å². The van der Waals surface area contributed by atoms with Gasteiger partial charge in [0, 0.05) is 18.0 Å². The largest absolute Gasteiger partial charge is 0.301 e. The maximum Gasteiger partial charge on any atom is 0.180 e. The van der Waals surface area contributed by atoms with Gasteiger partial charge < -0.3 is 4.90 Å². The molecule has 4 aromatic rings. The Morgan fingerprint density at radius 3 is 3.22 bits per heavy atom. The molecule has 0 unspecified atom stereocenters. The monoisotopic (exact) mass is 398 g/mol. The van der Waals surface area contributed by atoms with E-state index in [-0.39, 0.29) is 6.61 Å². The molecule has 0 amide bonds. The summed E-state index contributed by atoms with van der Waals surface area (Å²) in [6, 6.07) is 3.97. The van der Waals surface area contributed by atoms with Crippen LogP contribution in [0.4, 0.5) is 0 Å². The van der Waals surface area contributed by atoms with E-state index in [1.807, 2.05) is 17.5 Å². The Labute approximate surface area is 163 Å². The van der Waals surface area contributed by atoms with Crippen molar-refractivity contribution in [2.24, 2.45) is 0 Å². The topological polar surface area (TPSA) is 67.6 Å². The molecule has 27 heavy (non-hydrogen) atoms. The normalized spacial score (nSPS) is 14.7. The second-order valence-corrected chi connectivity index (χ2v) is 8.59. The summed E-state index contributed by atoms with van der Waals surface area (Å²) in [5.74, 6) is 0.614. The molecular formula is C18H18N6OS2. The van der Waals surface area contributed by atoms with Crippen molar-refractivity contribution >= 4 is 44.2 Å². The predicted octanol–water partition coefficient (Wildman–Crippen LogP) is 3.08. The minimum absolute atomic E-state index is 0.253. The summed E-state index contributed by atoms with van der Waals surface area (Å²) in [5, 5.41) is 7.65. The first-order valence-corrected chi connectivity index (χ1v) is 10.3. The van der Waals surface area contributed by atoms with E-state index in [1.165, 1.54) is 10.4 Å². The van der Waals surface area contributed by atoms with Gasteiger partial charge in [0.05, 0.1) is 16.0 Å². The smallest absolute Gasteiger partial charge is 0.180 e. The highest BCUT2D eigenvalue weighted by atomic mass is 32.1. The first kappa shape index (κ1) is 16.8. The molecule has 0 saturated heterocycles. The molecule has 5 rings (SSSR count). The van der Waals surface area contributed by atoms with Crippen LogP contribution >= 0.6 is 22.7 Å². The van der Waals surface area contributed by atoms with Crippen LogP contribution < -0.4 is 5.48 Å². The molecule has 0 aliphatic carbocycles. The van der Waals surface area contributed by atoms with Crippen LogP contribution in [0.1, 0.15) is 21.1 Å². The Morgan fingerprint density at radius 2 is 2.37 bits per heavy atom. The molecule has 138 valence electrons. The van der Waals surface area contributed by atoms with Gasteiger partial charge in [-0.05, 0) is 30.5 Å². The third-order valence-corrected chi connectivity index (χ3v) is 6.68. The van der Waals surface area contributed by atoms with Crippen LogP contribution in [-0.4, -0.2) is 38.1 Å². The van der Waals surface area contributed by atoms with Crippen molar-refractivity contribution in [3.05, 3.63) is 51.6 Å². The molecule has 1 N–H and O–H groups in total. The first-order valence-electron chi connectivity index (χ1n) is 8.62. The number of likely N-dealkylation sites (N-methyl/N-ethyl adjacent to an activating group) is 1. The fourth-order valence-corrected chi connectivity index (χ4v) is 5.22. The van der Waals surface area contributed by atoms with E-state index < -0.39 is 0 Å². The third-order valence-electron chi connectivity index (χ3n) is 4.63. The summed E-state index contributed by atoms with van der Waals surface area (Å²) in [4.78, 5) is 20.6. The van der Waals surface area contributed by atoms with E-state index >= 15 is 0 Å². The fraction of sp³-hybridized carbons (Fsp3) is 0.278. The average molecular weight is 399 g/mol. The molecule has 0 saturated carbocycles. The number of fused-ring (bicyclic) bond motifs is 5. The fourth-order valence-electron chi connectivity index (χ4n) is 3.31. The Kier molecular flexibility index (Phi) is 4.16. The summed E-state index contributed by atoms with van der Waals surface area (Å²) >= 11 is 3.37. The number of nitrogens with one attached hydrogen (secondary N) is 1. The van der Waals surface area contributed by atoms with Gasteiger partial charge in [-0.25, -0.2) is 14.5 Å². The van der Waals surface area contributed by atoms with Gasteiger partial charge in [-0.2, -0.15) is 0 Å². The number of hydroxylamine groups is 1. The quantitative estimate of drug-likeness (QED) is 0.521. The summed E-state index contributed by atoms with van der Waals surface area (Å²) in [6.07, 6.45) is 2.76. The lowest BCUT2D eigenvalue weighted by molar-refractivity contribution is 0.0605. The number of aromatic nitrogens is 4. The molecule has 0 radical (unpaired) electrons. The van der Waals surface area contributed by atoms with E-state index in [2.05, 4.69) is 34.1 Å². The Bertz CT molecular complexity index is 1130. The highest BCUT2D eigenvalue weighted by Gasteiger charge is 2.22. The van der Waals surface area contributed by atoms with Crippen molar-refractivity contribution < 1.29 is 4.84 Å². The maximum atomic E-state index is 5.55. The van der Waals surface area contributed by atoms with Crippen LogP contribution in [0, 0.1) is 0 Å². The molecule has 5 heterocycles. The Balaban J connectivity index is 1.40. The van der Waals surface area contributed by atoms with Crippen LogP contribution in [0.15, 0.2) is 30.4 Å². The molecule has 9 heteroatoms. The number of nitrogens with zero attached hydrogens (tertiary/aromatic N) is 5. The van der Waals surface area contributed by atoms with E-state index in [0.717, 1.165) is 45.9 Å². The zero-order valence-electron chi connectivity index (χ0n) is 14.8. The minimum Gasteiger partial charge on any atom is -0.301 e. The lowest BCUT2D eigenvalue weighted by Crippen LogP contribution is -2.25. The lowest BCUT2D eigenvalue weighted by Gasteiger charge is -2.21. The summed E-state index contributed by atoms with van der Waals surface area (Å²) in [6.45, 7) is 6.26.